The van der Waals surface area contributed by atoms with Gasteiger partial charge in [0.2, 0.25) is 5.95 Å². The van der Waals surface area contributed by atoms with Crippen LogP contribution in [0.15, 0.2) is 48.5 Å². The number of H-pyrrole nitrogens is 1. The number of anilines is 1. The number of hydrogen-bond donors (Lipinski definition) is 2. The summed E-state index contributed by atoms with van der Waals surface area (Å²) in [5, 5.41) is 13.4. The molecule has 0 fully saturated rings. The summed E-state index contributed by atoms with van der Waals surface area (Å²) in [6.45, 7) is -0.359. The first-order chi connectivity index (χ1) is 11.1. The fourth-order valence-electron chi connectivity index (χ4n) is 2.05. The fraction of sp³-hybridized carbons (Fsp3) is 0.0667. The van der Waals surface area contributed by atoms with Crippen molar-refractivity contribution in [3.8, 4) is 5.75 Å². The molecule has 23 heavy (non-hydrogen) atoms. The number of imidazole rings is 1. The van der Waals surface area contributed by atoms with Gasteiger partial charge in [0.05, 0.1) is 16.0 Å². The second-order valence-corrected chi connectivity index (χ2v) is 4.66. The standard InChI is InChI=1S/C15H12N4O4/c20-14(9-23-13-8-4-3-7-12(13)19(21)22)18-15-16-10-5-1-2-6-11(10)17-15/h1-8H,9H2,(H2,16,17,18,20). The van der Waals surface area contributed by atoms with Crippen molar-refractivity contribution in [3.05, 3.63) is 58.6 Å². The van der Waals surface area contributed by atoms with Crippen LogP contribution in [0.5, 0.6) is 5.75 Å². The van der Waals surface area contributed by atoms with E-state index in [9.17, 15) is 14.9 Å². The molecule has 2 N–H and O–H groups in total. The quantitative estimate of drug-likeness (QED) is 0.555. The van der Waals surface area contributed by atoms with Crippen LogP contribution in [0.3, 0.4) is 0 Å². The molecule has 116 valence electrons. The number of rotatable bonds is 5. The van der Waals surface area contributed by atoms with E-state index in [4.69, 9.17) is 4.74 Å². The van der Waals surface area contributed by atoms with Gasteiger partial charge < -0.3 is 9.72 Å². The number of fused-ring (bicyclic) bond motifs is 1. The predicted molar refractivity (Wildman–Crippen MR) is 83.3 cm³/mol. The monoisotopic (exact) mass is 312 g/mol. The van der Waals surface area contributed by atoms with Crippen molar-refractivity contribution < 1.29 is 14.5 Å². The minimum Gasteiger partial charge on any atom is -0.477 e. The number of nitrogens with zero attached hydrogens (tertiary/aromatic N) is 2. The van der Waals surface area contributed by atoms with E-state index in [0.29, 0.717) is 5.95 Å². The third-order valence-corrected chi connectivity index (χ3v) is 3.07. The highest BCUT2D eigenvalue weighted by atomic mass is 16.6. The molecule has 0 spiro atoms. The van der Waals surface area contributed by atoms with Gasteiger partial charge in [0.1, 0.15) is 0 Å². The Kier molecular flexibility index (Phi) is 3.88. The molecule has 3 rings (SSSR count). The van der Waals surface area contributed by atoms with Crippen molar-refractivity contribution in [1.29, 1.82) is 0 Å². The van der Waals surface area contributed by atoms with Crippen LogP contribution >= 0.6 is 0 Å². The Hall–Kier alpha value is -3.42. The largest absolute Gasteiger partial charge is 0.477 e. The molecule has 0 aliphatic heterocycles. The van der Waals surface area contributed by atoms with E-state index in [1.54, 1.807) is 6.07 Å². The van der Waals surface area contributed by atoms with Crippen LogP contribution in [0.4, 0.5) is 11.6 Å². The smallest absolute Gasteiger partial charge is 0.310 e. The van der Waals surface area contributed by atoms with Gasteiger partial charge in [0.25, 0.3) is 5.91 Å². The first kappa shape index (κ1) is 14.5. The first-order valence-corrected chi connectivity index (χ1v) is 6.74. The molecule has 1 heterocycles. The maximum absolute atomic E-state index is 11.9. The zero-order valence-corrected chi connectivity index (χ0v) is 11.9. The molecule has 8 heteroatoms. The van der Waals surface area contributed by atoms with Gasteiger partial charge in [0.15, 0.2) is 12.4 Å². The highest BCUT2D eigenvalue weighted by Crippen LogP contribution is 2.25. The molecule has 0 atom stereocenters. The van der Waals surface area contributed by atoms with E-state index >= 15 is 0 Å². The van der Waals surface area contributed by atoms with Gasteiger partial charge in [-0.2, -0.15) is 0 Å². The predicted octanol–water partition coefficient (Wildman–Crippen LogP) is 2.49. The molecule has 1 amide bonds. The van der Waals surface area contributed by atoms with Crippen molar-refractivity contribution in [1.82, 2.24) is 9.97 Å². The van der Waals surface area contributed by atoms with Crippen LogP contribution in [-0.2, 0) is 4.79 Å². The van der Waals surface area contributed by atoms with Gasteiger partial charge in [0, 0.05) is 6.07 Å². The molecule has 0 radical (unpaired) electrons. The lowest BCUT2D eigenvalue weighted by molar-refractivity contribution is -0.385. The van der Waals surface area contributed by atoms with Crippen LogP contribution in [0.25, 0.3) is 11.0 Å². The Labute approximate surface area is 130 Å². The van der Waals surface area contributed by atoms with E-state index < -0.39 is 10.8 Å². The van der Waals surface area contributed by atoms with Crippen molar-refractivity contribution in [2.75, 3.05) is 11.9 Å². The fourth-order valence-corrected chi connectivity index (χ4v) is 2.05. The van der Waals surface area contributed by atoms with Gasteiger partial charge in [-0.05, 0) is 18.2 Å². The summed E-state index contributed by atoms with van der Waals surface area (Å²) in [6, 6.07) is 13.2. The second-order valence-electron chi connectivity index (χ2n) is 4.66. The number of carbonyl (C=O) groups excluding carboxylic acids is 1. The topological polar surface area (TPSA) is 110 Å². The third-order valence-electron chi connectivity index (χ3n) is 3.07. The number of para-hydroxylation sites is 4. The Balaban J connectivity index is 1.65. The number of aromatic amines is 1. The highest BCUT2D eigenvalue weighted by Gasteiger charge is 2.15. The third kappa shape index (κ3) is 3.26. The van der Waals surface area contributed by atoms with E-state index in [1.807, 2.05) is 24.3 Å². The van der Waals surface area contributed by atoms with Crippen LogP contribution in [0.2, 0.25) is 0 Å². The van der Waals surface area contributed by atoms with Crippen molar-refractivity contribution in [3.63, 3.8) is 0 Å². The van der Waals surface area contributed by atoms with Crippen molar-refractivity contribution in [2.24, 2.45) is 0 Å². The maximum atomic E-state index is 11.9. The summed E-state index contributed by atoms with van der Waals surface area (Å²) in [4.78, 5) is 29.3. The summed E-state index contributed by atoms with van der Waals surface area (Å²) in [5.74, 6) is -0.137. The molecular formula is C15H12N4O4. The average molecular weight is 312 g/mol. The summed E-state index contributed by atoms with van der Waals surface area (Å²) in [7, 11) is 0. The Morgan fingerprint density at radius 1 is 1.22 bits per heavy atom. The molecule has 0 aliphatic rings. The lowest BCUT2D eigenvalue weighted by Crippen LogP contribution is -2.21. The van der Waals surface area contributed by atoms with E-state index in [0.717, 1.165) is 11.0 Å². The normalized spacial score (nSPS) is 10.4. The number of nitro groups is 1. The highest BCUT2D eigenvalue weighted by molar-refractivity contribution is 5.92. The van der Waals surface area contributed by atoms with Gasteiger partial charge in [-0.15, -0.1) is 0 Å². The summed E-state index contributed by atoms with van der Waals surface area (Å²) in [6.07, 6.45) is 0. The lowest BCUT2D eigenvalue weighted by atomic mass is 10.3. The van der Waals surface area contributed by atoms with E-state index in [2.05, 4.69) is 15.3 Å². The number of aromatic nitrogens is 2. The number of nitro benzene ring substituents is 1. The van der Waals surface area contributed by atoms with Gasteiger partial charge in [-0.1, -0.05) is 24.3 Å². The molecule has 0 saturated carbocycles. The van der Waals surface area contributed by atoms with Crippen molar-refractivity contribution >= 4 is 28.6 Å². The van der Waals surface area contributed by atoms with Gasteiger partial charge in [-0.25, -0.2) is 4.98 Å². The van der Waals surface area contributed by atoms with Crippen molar-refractivity contribution in [2.45, 2.75) is 0 Å². The molecule has 0 saturated heterocycles. The summed E-state index contributed by atoms with van der Waals surface area (Å²) < 4.78 is 5.21. The van der Waals surface area contributed by atoms with E-state index in [-0.39, 0.29) is 18.0 Å². The minimum absolute atomic E-state index is 0.0391. The number of nitrogens with one attached hydrogen (secondary N) is 2. The SMILES string of the molecule is O=C(COc1ccccc1[N+](=O)[O-])Nc1nc2ccccc2[nH]1. The second kappa shape index (κ2) is 6.14. The number of carbonyl (C=O) groups is 1. The molecular weight excluding hydrogens is 300 g/mol. The molecule has 2 aromatic carbocycles. The van der Waals surface area contributed by atoms with Crippen LogP contribution in [0.1, 0.15) is 0 Å². The number of hydrogen-bond acceptors (Lipinski definition) is 5. The van der Waals surface area contributed by atoms with Crippen LogP contribution < -0.4 is 10.1 Å². The Morgan fingerprint density at radius 3 is 2.74 bits per heavy atom. The molecule has 0 bridgehead atoms. The van der Waals surface area contributed by atoms with Gasteiger partial charge >= 0.3 is 5.69 Å². The van der Waals surface area contributed by atoms with Gasteiger partial charge in [-0.3, -0.25) is 20.2 Å². The number of benzene rings is 2. The summed E-state index contributed by atoms with van der Waals surface area (Å²) in [5.41, 5.74) is 1.33. The zero-order valence-electron chi connectivity index (χ0n) is 11.9. The molecule has 0 unspecified atom stereocenters. The number of ether oxygens (including phenoxy) is 1. The molecule has 0 aliphatic carbocycles. The average Bonchev–Trinajstić information content (AvgIpc) is 2.95. The van der Waals surface area contributed by atoms with Crippen LogP contribution in [0, 0.1) is 10.1 Å². The minimum atomic E-state index is -0.563. The van der Waals surface area contributed by atoms with Crippen LogP contribution in [-0.4, -0.2) is 27.4 Å². The molecule has 8 nitrogen and oxygen atoms in total. The Bertz CT molecular complexity index is 842. The first-order valence-electron chi connectivity index (χ1n) is 6.74. The molecule has 3 aromatic rings. The number of amides is 1. The maximum Gasteiger partial charge on any atom is 0.310 e. The lowest BCUT2D eigenvalue weighted by Gasteiger charge is -2.06. The zero-order chi connectivity index (χ0) is 16.2. The summed E-state index contributed by atoms with van der Waals surface area (Å²) >= 11 is 0. The van der Waals surface area contributed by atoms with E-state index in [1.165, 1.54) is 18.2 Å². The molecule has 1 aromatic heterocycles. The Morgan fingerprint density at radius 2 is 1.96 bits per heavy atom.